The summed E-state index contributed by atoms with van der Waals surface area (Å²) >= 11 is 3.38. The summed E-state index contributed by atoms with van der Waals surface area (Å²) in [5, 5.41) is 7.44. The molecule has 0 radical (unpaired) electrons. The minimum atomic E-state index is -2.91. The Labute approximate surface area is 122 Å². The molecule has 0 aliphatic rings. The number of thiophene rings is 2. The first-order valence-corrected chi connectivity index (χ1v) is 9.71. The Morgan fingerprint density at radius 2 is 1.74 bits per heavy atom. The van der Waals surface area contributed by atoms with Crippen LogP contribution in [0, 0.1) is 0 Å². The average molecular weight is 315 g/mol. The largest absolute Gasteiger partial charge is 0.304 e. The molecule has 0 aliphatic carbocycles. The highest BCUT2D eigenvalue weighted by molar-refractivity contribution is 7.91. The fourth-order valence-electron chi connectivity index (χ4n) is 1.76. The van der Waals surface area contributed by atoms with Gasteiger partial charge >= 0.3 is 0 Å². The third-order valence-electron chi connectivity index (χ3n) is 2.86. The minimum Gasteiger partial charge on any atom is -0.304 e. The maximum Gasteiger partial charge on any atom is 0.151 e. The first-order valence-electron chi connectivity index (χ1n) is 6.13. The molecule has 0 saturated carbocycles. The molecule has 0 saturated heterocycles. The molecule has 2 rings (SSSR count). The van der Waals surface area contributed by atoms with Crippen LogP contribution in [0.1, 0.15) is 22.7 Å². The molecule has 0 amide bonds. The van der Waals surface area contributed by atoms with E-state index in [1.165, 1.54) is 9.75 Å². The SMILES string of the molecule is CCS(=O)(=O)CCNC(c1cccs1)c1cccs1. The topological polar surface area (TPSA) is 46.2 Å². The van der Waals surface area contributed by atoms with Crippen LogP contribution in [0.5, 0.6) is 0 Å². The van der Waals surface area contributed by atoms with Gasteiger partial charge in [0.25, 0.3) is 0 Å². The highest BCUT2D eigenvalue weighted by Crippen LogP contribution is 2.28. The highest BCUT2D eigenvalue weighted by atomic mass is 32.2. The maximum atomic E-state index is 11.5. The summed E-state index contributed by atoms with van der Waals surface area (Å²) in [6.07, 6.45) is 0. The van der Waals surface area contributed by atoms with Crippen LogP contribution in [0.2, 0.25) is 0 Å². The van der Waals surface area contributed by atoms with Gasteiger partial charge in [-0.3, -0.25) is 0 Å². The van der Waals surface area contributed by atoms with Crippen LogP contribution in [0.15, 0.2) is 35.0 Å². The van der Waals surface area contributed by atoms with Gasteiger partial charge in [-0.05, 0) is 22.9 Å². The van der Waals surface area contributed by atoms with Crippen LogP contribution in [-0.4, -0.2) is 26.5 Å². The van der Waals surface area contributed by atoms with E-state index in [0.717, 1.165) is 0 Å². The van der Waals surface area contributed by atoms with Gasteiger partial charge in [0.1, 0.15) is 0 Å². The zero-order valence-corrected chi connectivity index (χ0v) is 13.2. The van der Waals surface area contributed by atoms with Gasteiger partial charge in [-0.1, -0.05) is 19.1 Å². The molecule has 0 atom stereocenters. The Hall–Kier alpha value is -0.690. The zero-order valence-electron chi connectivity index (χ0n) is 10.7. The summed E-state index contributed by atoms with van der Waals surface area (Å²) in [6.45, 7) is 2.17. The van der Waals surface area contributed by atoms with Gasteiger partial charge in [-0.15, -0.1) is 22.7 Å². The van der Waals surface area contributed by atoms with Gasteiger partial charge in [0.15, 0.2) is 9.84 Å². The van der Waals surface area contributed by atoms with E-state index in [1.807, 2.05) is 22.9 Å². The molecule has 104 valence electrons. The Morgan fingerprint density at radius 3 is 2.16 bits per heavy atom. The molecular formula is C13H17NO2S3. The molecule has 0 aromatic carbocycles. The van der Waals surface area contributed by atoms with Crippen LogP contribution in [-0.2, 0) is 9.84 Å². The Morgan fingerprint density at radius 1 is 1.16 bits per heavy atom. The standard InChI is InChI=1S/C13H17NO2S3/c1-2-19(15,16)10-7-14-13(11-5-3-8-17-11)12-6-4-9-18-12/h3-6,8-9,13-14H,2,7,10H2,1H3. The summed E-state index contributed by atoms with van der Waals surface area (Å²) in [5.41, 5.74) is 0. The van der Waals surface area contributed by atoms with Crippen molar-refractivity contribution in [2.24, 2.45) is 0 Å². The third kappa shape index (κ3) is 4.14. The van der Waals surface area contributed by atoms with E-state index in [1.54, 1.807) is 29.6 Å². The van der Waals surface area contributed by atoms with Crippen molar-refractivity contribution in [1.29, 1.82) is 0 Å². The van der Waals surface area contributed by atoms with Gasteiger partial charge in [0, 0.05) is 22.1 Å². The molecule has 0 spiro atoms. The third-order valence-corrected chi connectivity index (χ3v) is 6.44. The fourth-order valence-corrected chi connectivity index (χ4v) is 4.18. The van der Waals surface area contributed by atoms with E-state index in [-0.39, 0.29) is 17.5 Å². The average Bonchev–Trinajstić information content (AvgIpc) is 3.07. The number of nitrogens with one attached hydrogen (secondary N) is 1. The summed E-state index contributed by atoms with van der Waals surface area (Å²) < 4.78 is 23.0. The Kier molecular flexibility index (Phi) is 5.15. The Bertz CT molecular complexity index is 539. The van der Waals surface area contributed by atoms with Crippen LogP contribution in [0.25, 0.3) is 0 Å². The second-order valence-corrected chi connectivity index (χ2v) is 8.59. The molecular weight excluding hydrogens is 298 g/mol. The van der Waals surface area contributed by atoms with E-state index >= 15 is 0 Å². The van der Waals surface area contributed by atoms with Crippen LogP contribution in [0.3, 0.4) is 0 Å². The van der Waals surface area contributed by atoms with E-state index in [2.05, 4.69) is 17.4 Å². The van der Waals surface area contributed by atoms with Crippen LogP contribution < -0.4 is 5.32 Å². The lowest BCUT2D eigenvalue weighted by Gasteiger charge is -2.16. The summed E-state index contributed by atoms with van der Waals surface area (Å²) in [4.78, 5) is 2.44. The predicted molar refractivity (Wildman–Crippen MR) is 82.8 cm³/mol. The van der Waals surface area contributed by atoms with Gasteiger partial charge in [0.2, 0.25) is 0 Å². The van der Waals surface area contributed by atoms with E-state index in [4.69, 9.17) is 0 Å². The molecule has 6 heteroatoms. The van der Waals surface area contributed by atoms with Gasteiger partial charge in [0.05, 0.1) is 11.8 Å². The highest BCUT2D eigenvalue weighted by Gasteiger charge is 2.16. The lowest BCUT2D eigenvalue weighted by atomic mass is 10.2. The molecule has 0 bridgehead atoms. The molecule has 0 fully saturated rings. The zero-order chi connectivity index (χ0) is 13.7. The molecule has 1 N–H and O–H groups in total. The quantitative estimate of drug-likeness (QED) is 0.854. The number of rotatable bonds is 7. The number of hydrogen-bond donors (Lipinski definition) is 1. The second-order valence-electron chi connectivity index (χ2n) is 4.15. The molecule has 2 aromatic rings. The molecule has 3 nitrogen and oxygen atoms in total. The lowest BCUT2D eigenvalue weighted by molar-refractivity contribution is 0.586. The van der Waals surface area contributed by atoms with Crippen molar-refractivity contribution in [3.8, 4) is 0 Å². The summed E-state index contributed by atoms with van der Waals surface area (Å²) in [6, 6.07) is 8.30. The molecule has 2 aromatic heterocycles. The van der Waals surface area contributed by atoms with Crippen molar-refractivity contribution in [1.82, 2.24) is 5.32 Å². The normalized spacial score (nSPS) is 12.1. The summed E-state index contributed by atoms with van der Waals surface area (Å²) in [7, 11) is -2.91. The van der Waals surface area contributed by atoms with Crippen LogP contribution in [0.4, 0.5) is 0 Å². The monoisotopic (exact) mass is 315 g/mol. The number of hydrogen-bond acceptors (Lipinski definition) is 5. The first kappa shape index (κ1) is 14.7. The molecule has 0 unspecified atom stereocenters. The van der Waals surface area contributed by atoms with Crippen molar-refractivity contribution in [2.75, 3.05) is 18.1 Å². The van der Waals surface area contributed by atoms with Crippen molar-refractivity contribution in [3.05, 3.63) is 44.8 Å². The van der Waals surface area contributed by atoms with Gasteiger partial charge in [-0.25, -0.2) is 8.42 Å². The smallest absolute Gasteiger partial charge is 0.151 e. The van der Waals surface area contributed by atoms with E-state index in [0.29, 0.717) is 6.54 Å². The first-order chi connectivity index (χ1) is 9.12. The van der Waals surface area contributed by atoms with Gasteiger partial charge in [-0.2, -0.15) is 0 Å². The molecule has 2 heterocycles. The Balaban J connectivity index is 2.04. The molecule has 0 aliphatic heterocycles. The van der Waals surface area contributed by atoms with Crippen molar-refractivity contribution in [2.45, 2.75) is 13.0 Å². The lowest BCUT2D eigenvalue weighted by Crippen LogP contribution is -2.27. The number of sulfone groups is 1. The van der Waals surface area contributed by atoms with Crippen molar-refractivity contribution >= 4 is 32.5 Å². The van der Waals surface area contributed by atoms with Gasteiger partial charge < -0.3 is 5.32 Å². The maximum absolute atomic E-state index is 11.5. The van der Waals surface area contributed by atoms with E-state index < -0.39 is 9.84 Å². The second kappa shape index (κ2) is 6.65. The molecule has 19 heavy (non-hydrogen) atoms. The van der Waals surface area contributed by atoms with E-state index in [9.17, 15) is 8.42 Å². The predicted octanol–water partition coefficient (Wildman–Crippen LogP) is 2.92. The van der Waals surface area contributed by atoms with Crippen LogP contribution >= 0.6 is 22.7 Å². The fraction of sp³-hybridized carbons (Fsp3) is 0.385. The van der Waals surface area contributed by atoms with Crippen molar-refractivity contribution in [3.63, 3.8) is 0 Å². The minimum absolute atomic E-state index is 0.104. The summed E-state index contributed by atoms with van der Waals surface area (Å²) in [5.74, 6) is 0.397. The van der Waals surface area contributed by atoms with Crippen molar-refractivity contribution < 1.29 is 8.42 Å².